The first kappa shape index (κ1) is 20.5. The lowest BCUT2D eigenvalue weighted by atomic mass is 10.0. The summed E-state index contributed by atoms with van der Waals surface area (Å²) in [6.07, 6.45) is 1.87. The smallest absolute Gasteiger partial charge is 0.338 e. The number of ether oxygens (including phenoxy) is 1. The van der Waals surface area contributed by atoms with Gasteiger partial charge in [0.25, 0.3) is 5.56 Å². The number of hydrogen-bond acceptors (Lipinski definition) is 7. The largest absolute Gasteiger partial charge is 0.463 e. The summed E-state index contributed by atoms with van der Waals surface area (Å²) in [6, 6.07) is 3.30. The van der Waals surface area contributed by atoms with Crippen molar-refractivity contribution in [1.82, 2.24) is 14.3 Å². The SMILES string of the molecule is CCOC(=O)C1=C(C)N=c2s/c(=C/c3c(C)nn(C)c3C)c(=O)n2C1c1cccs1. The second-order valence-corrected chi connectivity index (χ2v) is 9.01. The third-order valence-electron chi connectivity index (χ3n) is 5.17. The fraction of sp³-hybridized carbons (Fsp3) is 0.333. The van der Waals surface area contributed by atoms with Crippen LogP contribution in [0.1, 0.15) is 41.7 Å². The van der Waals surface area contributed by atoms with Crippen molar-refractivity contribution in [2.75, 3.05) is 6.61 Å². The standard InChI is InChI=1S/C21H22N4O3S2/c1-6-28-20(27)17-12(3)22-21-25(18(17)15-8-7-9-29-15)19(26)16(30-21)10-14-11(2)23-24(5)13(14)4/h7-10,18H,6H2,1-5H3/b16-10+. The summed E-state index contributed by atoms with van der Waals surface area (Å²) >= 11 is 2.83. The number of aromatic nitrogens is 3. The van der Waals surface area contributed by atoms with E-state index in [4.69, 9.17) is 4.74 Å². The molecule has 7 nitrogen and oxygen atoms in total. The molecule has 156 valence electrons. The highest BCUT2D eigenvalue weighted by Gasteiger charge is 2.33. The van der Waals surface area contributed by atoms with Crippen LogP contribution < -0.4 is 14.9 Å². The molecule has 0 radical (unpaired) electrons. The summed E-state index contributed by atoms with van der Waals surface area (Å²) in [5.74, 6) is -0.439. The van der Waals surface area contributed by atoms with Crippen LogP contribution in [0.2, 0.25) is 0 Å². The number of allylic oxidation sites excluding steroid dienone is 1. The molecular formula is C21H22N4O3S2. The minimum absolute atomic E-state index is 0.172. The Labute approximate surface area is 181 Å². The Bertz CT molecular complexity index is 1340. The predicted octanol–water partition coefficient (Wildman–Crippen LogP) is 2.21. The van der Waals surface area contributed by atoms with Gasteiger partial charge in [0, 0.05) is 23.2 Å². The van der Waals surface area contributed by atoms with Crippen molar-refractivity contribution < 1.29 is 9.53 Å². The number of nitrogens with zero attached hydrogens (tertiary/aromatic N) is 4. The Kier molecular flexibility index (Phi) is 5.33. The Hall–Kier alpha value is -2.78. The molecule has 0 fully saturated rings. The van der Waals surface area contributed by atoms with Crippen LogP contribution in [0.15, 0.2) is 38.6 Å². The summed E-state index contributed by atoms with van der Waals surface area (Å²) in [4.78, 5) is 32.3. The van der Waals surface area contributed by atoms with Crippen molar-refractivity contribution in [3.05, 3.63) is 70.3 Å². The van der Waals surface area contributed by atoms with Crippen LogP contribution in [0.3, 0.4) is 0 Å². The number of esters is 1. The first-order chi connectivity index (χ1) is 14.3. The molecule has 1 atom stereocenters. The number of thiophene rings is 1. The maximum atomic E-state index is 13.5. The van der Waals surface area contributed by atoms with Gasteiger partial charge in [-0.15, -0.1) is 11.3 Å². The molecule has 0 aromatic carbocycles. The summed E-state index contributed by atoms with van der Waals surface area (Å²) in [7, 11) is 1.88. The van der Waals surface area contributed by atoms with Crippen molar-refractivity contribution in [1.29, 1.82) is 0 Å². The average molecular weight is 443 g/mol. The van der Waals surface area contributed by atoms with Crippen LogP contribution in [0.25, 0.3) is 6.08 Å². The van der Waals surface area contributed by atoms with Gasteiger partial charge in [-0.3, -0.25) is 14.0 Å². The summed E-state index contributed by atoms with van der Waals surface area (Å²) in [5, 5.41) is 6.37. The highest BCUT2D eigenvalue weighted by molar-refractivity contribution is 7.10. The van der Waals surface area contributed by atoms with Gasteiger partial charge in [0.15, 0.2) is 4.80 Å². The highest BCUT2D eigenvalue weighted by Crippen LogP contribution is 2.33. The van der Waals surface area contributed by atoms with Gasteiger partial charge in [-0.05, 0) is 45.2 Å². The number of aryl methyl sites for hydroxylation is 2. The third kappa shape index (κ3) is 3.27. The molecule has 30 heavy (non-hydrogen) atoms. The Morgan fingerprint density at radius 2 is 2.10 bits per heavy atom. The van der Waals surface area contributed by atoms with Crippen molar-refractivity contribution in [2.24, 2.45) is 12.0 Å². The predicted molar refractivity (Wildman–Crippen MR) is 117 cm³/mol. The number of carbonyl (C=O) groups is 1. The van der Waals surface area contributed by atoms with E-state index in [1.54, 1.807) is 23.1 Å². The van der Waals surface area contributed by atoms with E-state index < -0.39 is 12.0 Å². The molecule has 9 heteroatoms. The lowest BCUT2D eigenvalue weighted by molar-refractivity contribution is -0.139. The van der Waals surface area contributed by atoms with E-state index in [9.17, 15) is 9.59 Å². The first-order valence-electron chi connectivity index (χ1n) is 9.56. The second kappa shape index (κ2) is 7.81. The molecule has 4 heterocycles. The molecule has 3 aromatic rings. The van der Waals surface area contributed by atoms with E-state index in [0.717, 1.165) is 21.8 Å². The second-order valence-electron chi connectivity index (χ2n) is 7.03. The number of carbonyl (C=O) groups excluding carboxylic acids is 1. The Morgan fingerprint density at radius 1 is 1.33 bits per heavy atom. The van der Waals surface area contributed by atoms with Crippen molar-refractivity contribution in [2.45, 2.75) is 33.7 Å². The lowest BCUT2D eigenvalue weighted by Crippen LogP contribution is -2.39. The third-order valence-corrected chi connectivity index (χ3v) is 7.08. The Balaban J connectivity index is 1.97. The summed E-state index contributed by atoms with van der Waals surface area (Å²) in [5.41, 5.74) is 3.59. The van der Waals surface area contributed by atoms with Crippen LogP contribution in [0.4, 0.5) is 0 Å². The van der Waals surface area contributed by atoms with E-state index in [1.807, 2.05) is 44.5 Å². The van der Waals surface area contributed by atoms with Gasteiger partial charge in [-0.2, -0.15) is 5.10 Å². The van der Waals surface area contributed by atoms with Gasteiger partial charge < -0.3 is 4.74 Å². The van der Waals surface area contributed by atoms with Gasteiger partial charge in [-0.1, -0.05) is 17.4 Å². The van der Waals surface area contributed by atoms with Gasteiger partial charge in [-0.25, -0.2) is 9.79 Å². The molecule has 3 aromatic heterocycles. The minimum Gasteiger partial charge on any atom is -0.463 e. The zero-order valence-electron chi connectivity index (χ0n) is 17.4. The highest BCUT2D eigenvalue weighted by atomic mass is 32.1. The van der Waals surface area contributed by atoms with E-state index in [2.05, 4.69) is 10.1 Å². The topological polar surface area (TPSA) is 78.5 Å². The molecular weight excluding hydrogens is 420 g/mol. The summed E-state index contributed by atoms with van der Waals surface area (Å²) in [6.45, 7) is 7.71. The summed E-state index contributed by atoms with van der Waals surface area (Å²) < 4.78 is 9.27. The molecule has 0 aliphatic carbocycles. The number of thiazole rings is 1. The normalized spacial score (nSPS) is 16.6. The molecule has 1 aliphatic rings. The maximum absolute atomic E-state index is 13.5. The minimum atomic E-state index is -0.543. The fourth-order valence-corrected chi connectivity index (χ4v) is 5.49. The lowest BCUT2D eigenvalue weighted by Gasteiger charge is -2.23. The van der Waals surface area contributed by atoms with Crippen molar-refractivity contribution >= 4 is 34.7 Å². The zero-order chi connectivity index (χ0) is 21.6. The molecule has 0 amide bonds. The van der Waals surface area contributed by atoms with Crippen LogP contribution in [0, 0.1) is 13.8 Å². The molecule has 0 saturated carbocycles. The van der Waals surface area contributed by atoms with Crippen LogP contribution in [-0.2, 0) is 16.6 Å². The average Bonchev–Trinajstić information content (AvgIpc) is 3.38. The zero-order valence-corrected chi connectivity index (χ0v) is 19.1. The fourth-order valence-electron chi connectivity index (χ4n) is 3.64. The number of hydrogen-bond donors (Lipinski definition) is 0. The van der Waals surface area contributed by atoms with Crippen LogP contribution in [0.5, 0.6) is 0 Å². The van der Waals surface area contributed by atoms with Gasteiger partial charge in [0.1, 0.15) is 6.04 Å². The quantitative estimate of drug-likeness (QED) is 0.581. The van der Waals surface area contributed by atoms with E-state index in [-0.39, 0.29) is 12.2 Å². The van der Waals surface area contributed by atoms with Gasteiger partial charge in [0.2, 0.25) is 0 Å². The van der Waals surface area contributed by atoms with Crippen molar-refractivity contribution in [3.63, 3.8) is 0 Å². The van der Waals surface area contributed by atoms with Crippen molar-refractivity contribution in [3.8, 4) is 0 Å². The number of rotatable bonds is 4. The molecule has 1 aliphatic heterocycles. The molecule has 0 saturated heterocycles. The molecule has 0 spiro atoms. The molecule has 0 N–H and O–H groups in total. The van der Waals surface area contributed by atoms with E-state index in [1.165, 1.54) is 22.7 Å². The Morgan fingerprint density at radius 3 is 2.70 bits per heavy atom. The number of fused-ring (bicyclic) bond motifs is 1. The monoisotopic (exact) mass is 442 g/mol. The van der Waals surface area contributed by atoms with E-state index in [0.29, 0.717) is 20.6 Å². The van der Waals surface area contributed by atoms with E-state index >= 15 is 0 Å². The van der Waals surface area contributed by atoms with Gasteiger partial charge >= 0.3 is 5.97 Å². The maximum Gasteiger partial charge on any atom is 0.338 e. The molecule has 1 unspecified atom stereocenters. The van der Waals surface area contributed by atoms with Gasteiger partial charge in [0.05, 0.1) is 28.1 Å². The van der Waals surface area contributed by atoms with Crippen LogP contribution in [-0.4, -0.2) is 26.9 Å². The molecule has 0 bridgehead atoms. The molecule has 4 rings (SSSR count). The first-order valence-corrected chi connectivity index (χ1v) is 11.3. The van der Waals surface area contributed by atoms with Crippen LogP contribution >= 0.6 is 22.7 Å².